The Bertz CT molecular complexity index is 424. The van der Waals surface area contributed by atoms with Gasteiger partial charge in [0, 0.05) is 6.04 Å². The van der Waals surface area contributed by atoms with Crippen LogP contribution in [0.3, 0.4) is 0 Å². The number of rotatable bonds is 2. The summed E-state index contributed by atoms with van der Waals surface area (Å²) in [5, 5.41) is 20.2. The molecule has 1 aliphatic rings. The van der Waals surface area contributed by atoms with Gasteiger partial charge in [0.05, 0.1) is 11.8 Å². The number of aromatic nitrogens is 2. The maximum atomic E-state index is 9.00. The van der Waals surface area contributed by atoms with Crippen molar-refractivity contribution in [3.63, 3.8) is 0 Å². The van der Waals surface area contributed by atoms with Crippen LogP contribution in [-0.4, -0.2) is 16.2 Å². The highest BCUT2D eigenvalue weighted by atomic mass is 15.2. The molecule has 3 atom stereocenters. The van der Waals surface area contributed by atoms with E-state index in [1.807, 2.05) is 0 Å². The van der Waals surface area contributed by atoms with Crippen LogP contribution in [0.4, 0.5) is 5.82 Å². The monoisotopic (exact) mass is 230 g/mol. The first-order valence-corrected chi connectivity index (χ1v) is 6.19. The fourth-order valence-corrected chi connectivity index (χ4v) is 2.58. The fraction of sp³-hybridized carbons (Fsp3) is 0.615. The van der Waals surface area contributed by atoms with E-state index in [-0.39, 0.29) is 0 Å². The highest BCUT2D eigenvalue weighted by Gasteiger charge is 2.26. The first kappa shape index (κ1) is 11.8. The summed E-state index contributed by atoms with van der Waals surface area (Å²) in [6.45, 7) is 4.56. The van der Waals surface area contributed by atoms with E-state index in [4.69, 9.17) is 5.26 Å². The van der Waals surface area contributed by atoms with Crippen molar-refractivity contribution >= 4 is 5.82 Å². The van der Waals surface area contributed by atoms with E-state index in [2.05, 4.69) is 35.4 Å². The fourth-order valence-electron chi connectivity index (χ4n) is 2.58. The summed E-state index contributed by atoms with van der Waals surface area (Å²) in [6, 6.07) is 4.26. The van der Waals surface area contributed by atoms with Crippen molar-refractivity contribution in [3.05, 3.63) is 17.8 Å². The van der Waals surface area contributed by atoms with Crippen molar-refractivity contribution in [1.29, 1.82) is 5.26 Å². The van der Waals surface area contributed by atoms with Crippen molar-refractivity contribution in [2.75, 3.05) is 5.32 Å². The molecule has 1 aliphatic carbocycles. The van der Waals surface area contributed by atoms with Crippen LogP contribution in [0.25, 0.3) is 0 Å². The molecule has 4 heteroatoms. The Hall–Kier alpha value is -1.63. The summed E-state index contributed by atoms with van der Waals surface area (Å²) in [5.74, 6) is 2.05. The third kappa shape index (κ3) is 2.73. The number of hydrogen-bond donors (Lipinski definition) is 1. The normalized spacial score (nSPS) is 28.4. The lowest BCUT2D eigenvalue weighted by atomic mass is 9.80. The van der Waals surface area contributed by atoms with Crippen molar-refractivity contribution in [1.82, 2.24) is 10.2 Å². The smallest absolute Gasteiger partial charge is 0.166 e. The number of nitriles is 1. The highest BCUT2D eigenvalue weighted by Crippen LogP contribution is 2.30. The zero-order valence-corrected chi connectivity index (χ0v) is 10.3. The van der Waals surface area contributed by atoms with E-state index >= 15 is 0 Å². The molecule has 17 heavy (non-hydrogen) atoms. The van der Waals surface area contributed by atoms with Crippen molar-refractivity contribution in [3.8, 4) is 6.07 Å². The van der Waals surface area contributed by atoms with Gasteiger partial charge in [-0.3, -0.25) is 0 Å². The standard InChI is InChI=1S/C13H18N4/c1-9-3-4-12(10(2)7-9)16-13-11(8-14)5-6-15-17-13/h5-6,9-10,12H,3-4,7H2,1-2H3,(H,16,17). The predicted molar refractivity (Wildman–Crippen MR) is 66.3 cm³/mol. The molecule has 4 nitrogen and oxygen atoms in total. The lowest BCUT2D eigenvalue weighted by molar-refractivity contribution is 0.276. The molecule has 0 aromatic carbocycles. The molecule has 3 unspecified atom stereocenters. The van der Waals surface area contributed by atoms with Crippen LogP contribution in [0.2, 0.25) is 0 Å². The van der Waals surface area contributed by atoms with E-state index in [0.717, 1.165) is 12.3 Å². The number of nitrogens with one attached hydrogen (secondary N) is 1. The average Bonchev–Trinajstić information content (AvgIpc) is 2.33. The molecule has 0 spiro atoms. The molecule has 1 N–H and O–H groups in total. The maximum absolute atomic E-state index is 9.00. The lowest BCUT2D eigenvalue weighted by Crippen LogP contribution is -2.33. The van der Waals surface area contributed by atoms with Crippen LogP contribution in [-0.2, 0) is 0 Å². The van der Waals surface area contributed by atoms with Crippen molar-refractivity contribution < 1.29 is 0 Å². The molecule has 0 bridgehead atoms. The van der Waals surface area contributed by atoms with Gasteiger partial charge in [0.25, 0.3) is 0 Å². The largest absolute Gasteiger partial charge is 0.364 e. The quantitative estimate of drug-likeness (QED) is 0.848. The zero-order valence-electron chi connectivity index (χ0n) is 10.3. The van der Waals surface area contributed by atoms with Gasteiger partial charge in [0.15, 0.2) is 5.82 Å². The molecule has 1 aromatic rings. The molecular weight excluding hydrogens is 212 g/mol. The van der Waals surface area contributed by atoms with Crippen LogP contribution in [0.15, 0.2) is 12.3 Å². The molecule has 90 valence electrons. The molecule has 0 radical (unpaired) electrons. The number of nitrogens with zero attached hydrogens (tertiary/aromatic N) is 3. The minimum Gasteiger partial charge on any atom is -0.364 e. The van der Waals surface area contributed by atoms with Gasteiger partial charge in [0.1, 0.15) is 6.07 Å². The van der Waals surface area contributed by atoms with E-state index < -0.39 is 0 Å². The topological polar surface area (TPSA) is 61.6 Å². The van der Waals surface area contributed by atoms with Gasteiger partial charge >= 0.3 is 0 Å². The molecule has 1 aromatic heterocycles. The van der Waals surface area contributed by atoms with Gasteiger partial charge in [-0.2, -0.15) is 10.4 Å². The highest BCUT2D eigenvalue weighted by molar-refractivity contribution is 5.50. The molecule has 2 rings (SSSR count). The van der Waals surface area contributed by atoms with E-state index in [9.17, 15) is 0 Å². The first-order valence-electron chi connectivity index (χ1n) is 6.19. The van der Waals surface area contributed by atoms with Crippen LogP contribution < -0.4 is 5.32 Å². The molecule has 1 heterocycles. The minimum atomic E-state index is 0.412. The Morgan fingerprint density at radius 2 is 2.24 bits per heavy atom. The summed E-state index contributed by atoms with van der Waals surface area (Å²) in [5.41, 5.74) is 0.575. The molecule has 0 saturated heterocycles. The average molecular weight is 230 g/mol. The first-order chi connectivity index (χ1) is 8.20. The summed E-state index contributed by atoms with van der Waals surface area (Å²) in [6.07, 6.45) is 5.17. The van der Waals surface area contributed by atoms with Crippen LogP contribution >= 0.6 is 0 Å². The zero-order chi connectivity index (χ0) is 12.3. The Balaban J connectivity index is 2.08. The van der Waals surface area contributed by atoms with Gasteiger partial charge in [0.2, 0.25) is 0 Å². The van der Waals surface area contributed by atoms with Crippen molar-refractivity contribution in [2.24, 2.45) is 11.8 Å². The lowest BCUT2D eigenvalue weighted by Gasteiger charge is -2.33. The van der Waals surface area contributed by atoms with E-state index in [0.29, 0.717) is 23.3 Å². The Morgan fingerprint density at radius 1 is 1.41 bits per heavy atom. The number of hydrogen-bond acceptors (Lipinski definition) is 4. The van der Waals surface area contributed by atoms with Gasteiger partial charge in [-0.15, -0.1) is 5.10 Å². The van der Waals surface area contributed by atoms with Gasteiger partial charge in [-0.1, -0.05) is 13.8 Å². The molecule has 1 fully saturated rings. The summed E-state index contributed by atoms with van der Waals surface area (Å²) in [4.78, 5) is 0. The summed E-state index contributed by atoms with van der Waals surface area (Å²) < 4.78 is 0. The Morgan fingerprint density at radius 3 is 2.94 bits per heavy atom. The van der Waals surface area contributed by atoms with Crippen LogP contribution in [0.1, 0.15) is 38.7 Å². The summed E-state index contributed by atoms with van der Waals surface area (Å²) >= 11 is 0. The molecule has 1 saturated carbocycles. The predicted octanol–water partition coefficient (Wildman–Crippen LogP) is 2.58. The van der Waals surface area contributed by atoms with Gasteiger partial charge in [-0.25, -0.2) is 0 Å². The maximum Gasteiger partial charge on any atom is 0.166 e. The molecule has 0 aliphatic heterocycles. The second-order valence-corrected chi connectivity index (χ2v) is 5.05. The van der Waals surface area contributed by atoms with E-state index in [1.54, 1.807) is 12.3 Å². The van der Waals surface area contributed by atoms with Gasteiger partial charge in [-0.05, 0) is 37.2 Å². The SMILES string of the molecule is CC1CCC(Nc2nnccc2C#N)C(C)C1. The van der Waals surface area contributed by atoms with Crippen LogP contribution in [0.5, 0.6) is 0 Å². The Labute approximate surface area is 102 Å². The van der Waals surface area contributed by atoms with Gasteiger partial charge < -0.3 is 5.32 Å². The van der Waals surface area contributed by atoms with Crippen LogP contribution in [0, 0.1) is 23.2 Å². The molecule has 0 amide bonds. The number of anilines is 1. The second-order valence-electron chi connectivity index (χ2n) is 5.05. The third-order valence-corrected chi connectivity index (χ3v) is 3.59. The van der Waals surface area contributed by atoms with E-state index in [1.165, 1.54) is 12.8 Å². The minimum absolute atomic E-state index is 0.412. The molecular formula is C13H18N4. The van der Waals surface area contributed by atoms with Crippen molar-refractivity contribution in [2.45, 2.75) is 39.2 Å². The third-order valence-electron chi connectivity index (χ3n) is 3.59. The second kappa shape index (κ2) is 5.13. The summed E-state index contributed by atoms with van der Waals surface area (Å²) in [7, 11) is 0. The Kier molecular flexibility index (Phi) is 3.58.